The summed E-state index contributed by atoms with van der Waals surface area (Å²) in [6.45, 7) is 0. The molecule has 3 nitrogen and oxygen atoms in total. The van der Waals surface area contributed by atoms with Gasteiger partial charge in [0.1, 0.15) is 12.1 Å². The molecule has 0 atom stereocenters. The van der Waals surface area contributed by atoms with Crippen LogP contribution in [0.4, 0.5) is 0 Å². The molecule has 0 aliphatic rings. The summed E-state index contributed by atoms with van der Waals surface area (Å²) in [6, 6.07) is 9.79. The molecule has 1 aromatic carbocycles. The van der Waals surface area contributed by atoms with Crippen molar-refractivity contribution in [3.8, 4) is 12.1 Å². The minimum absolute atomic E-state index is 0.310. The van der Waals surface area contributed by atoms with Gasteiger partial charge in [0.15, 0.2) is 0 Å². The molecule has 13 heavy (non-hydrogen) atoms. The first kappa shape index (κ1) is 9.97. The lowest BCUT2D eigenvalue weighted by Crippen LogP contribution is -2.20. The molecular formula is C9H5IN2O. The second-order valence-electron chi connectivity index (χ2n) is 2.44. The van der Waals surface area contributed by atoms with E-state index in [0.717, 1.165) is 3.57 Å². The Balaban J connectivity index is 3.25. The van der Waals surface area contributed by atoms with Crippen LogP contribution in [0, 0.1) is 26.2 Å². The van der Waals surface area contributed by atoms with E-state index >= 15 is 0 Å². The molecule has 0 heterocycles. The van der Waals surface area contributed by atoms with Crippen molar-refractivity contribution >= 4 is 22.6 Å². The van der Waals surface area contributed by atoms with Gasteiger partial charge >= 0.3 is 0 Å². The van der Waals surface area contributed by atoms with E-state index in [1.54, 1.807) is 30.3 Å². The second kappa shape index (κ2) is 3.73. The van der Waals surface area contributed by atoms with E-state index < -0.39 is 5.60 Å². The maximum atomic E-state index is 9.50. The van der Waals surface area contributed by atoms with Crippen molar-refractivity contribution in [2.24, 2.45) is 0 Å². The largest absolute Gasteiger partial charge is 0.360 e. The highest BCUT2D eigenvalue weighted by Crippen LogP contribution is 2.20. The van der Waals surface area contributed by atoms with Gasteiger partial charge in [-0.25, -0.2) is 0 Å². The maximum Gasteiger partial charge on any atom is 0.264 e. The predicted octanol–water partition coefficient (Wildman–Crippen LogP) is 1.53. The normalized spacial score (nSPS) is 10.2. The summed E-state index contributed by atoms with van der Waals surface area (Å²) in [7, 11) is 0. The molecule has 1 N–H and O–H groups in total. The summed E-state index contributed by atoms with van der Waals surface area (Å²) in [5.41, 5.74) is -1.72. The molecule has 1 aromatic rings. The monoisotopic (exact) mass is 284 g/mol. The average Bonchev–Trinajstić information content (AvgIpc) is 2.17. The summed E-state index contributed by atoms with van der Waals surface area (Å²) in [5.74, 6) is 0. The van der Waals surface area contributed by atoms with Crippen LogP contribution >= 0.6 is 22.6 Å². The molecule has 0 aliphatic carbocycles. The topological polar surface area (TPSA) is 67.8 Å². The molecule has 64 valence electrons. The minimum atomic E-state index is -2.03. The van der Waals surface area contributed by atoms with E-state index in [1.165, 1.54) is 0 Å². The summed E-state index contributed by atoms with van der Waals surface area (Å²) in [6.07, 6.45) is 0. The van der Waals surface area contributed by atoms with E-state index in [2.05, 4.69) is 0 Å². The second-order valence-corrected chi connectivity index (χ2v) is 3.69. The highest BCUT2D eigenvalue weighted by Gasteiger charge is 2.28. The zero-order valence-corrected chi connectivity index (χ0v) is 8.69. The van der Waals surface area contributed by atoms with Crippen molar-refractivity contribution in [3.05, 3.63) is 33.4 Å². The highest BCUT2D eigenvalue weighted by atomic mass is 127. The van der Waals surface area contributed by atoms with Crippen LogP contribution in [0.15, 0.2) is 24.3 Å². The third kappa shape index (κ3) is 1.97. The molecule has 0 spiro atoms. The van der Waals surface area contributed by atoms with E-state index in [1.807, 2.05) is 28.7 Å². The van der Waals surface area contributed by atoms with Crippen molar-refractivity contribution < 1.29 is 5.11 Å². The third-order valence-corrected chi connectivity index (χ3v) is 2.24. The number of benzene rings is 1. The number of aliphatic hydroxyl groups is 1. The summed E-state index contributed by atoms with van der Waals surface area (Å²) < 4.78 is 0.874. The van der Waals surface area contributed by atoms with Crippen LogP contribution in [0.1, 0.15) is 5.56 Å². The van der Waals surface area contributed by atoms with Gasteiger partial charge in [0.25, 0.3) is 5.60 Å². The predicted molar refractivity (Wildman–Crippen MR) is 54.3 cm³/mol. The molecule has 0 bridgehead atoms. The maximum absolute atomic E-state index is 9.50. The lowest BCUT2D eigenvalue weighted by atomic mass is 9.98. The zero-order chi connectivity index (χ0) is 9.90. The fourth-order valence-electron chi connectivity index (χ4n) is 0.868. The van der Waals surface area contributed by atoms with Crippen LogP contribution in [0.2, 0.25) is 0 Å². The Morgan fingerprint density at radius 2 is 1.92 bits per heavy atom. The first-order valence-corrected chi connectivity index (χ1v) is 4.51. The standard InChI is InChI=1S/C9H5IN2O/c10-8-3-1-2-7(4-8)9(13,5-11)6-12/h1-4,13H. The number of nitriles is 2. The van der Waals surface area contributed by atoms with Gasteiger partial charge in [-0.1, -0.05) is 12.1 Å². The number of halogens is 1. The van der Waals surface area contributed by atoms with Gasteiger partial charge in [-0.15, -0.1) is 0 Å². The van der Waals surface area contributed by atoms with Crippen molar-refractivity contribution in [3.63, 3.8) is 0 Å². The first-order chi connectivity index (χ1) is 6.12. The van der Waals surface area contributed by atoms with E-state index in [-0.39, 0.29) is 0 Å². The Labute approximate surface area is 89.4 Å². The van der Waals surface area contributed by atoms with Crippen molar-refractivity contribution in [2.45, 2.75) is 5.60 Å². The van der Waals surface area contributed by atoms with Gasteiger partial charge in [-0.05, 0) is 34.7 Å². The lowest BCUT2D eigenvalue weighted by Gasteiger charge is -2.10. The van der Waals surface area contributed by atoms with Crippen molar-refractivity contribution in [2.75, 3.05) is 0 Å². The summed E-state index contributed by atoms with van der Waals surface area (Å²) in [5, 5.41) is 26.7. The van der Waals surface area contributed by atoms with Crippen LogP contribution in [0.3, 0.4) is 0 Å². The quantitative estimate of drug-likeness (QED) is 0.628. The Bertz CT molecular complexity index is 389. The molecule has 0 fully saturated rings. The molecule has 0 amide bonds. The number of hydrogen-bond donors (Lipinski definition) is 1. The van der Waals surface area contributed by atoms with Gasteiger partial charge < -0.3 is 5.11 Å². The van der Waals surface area contributed by atoms with Gasteiger partial charge in [-0.2, -0.15) is 10.5 Å². The Kier molecular flexibility index (Phi) is 2.86. The fraction of sp³-hybridized carbons (Fsp3) is 0.111. The number of nitrogens with zero attached hydrogens (tertiary/aromatic N) is 2. The number of rotatable bonds is 1. The first-order valence-electron chi connectivity index (χ1n) is 3.43. The van der Waals surface area contributed by atoms with Gasteiger partial charge in [-0.3, -0.25) is 0 Å². The molecule has 0 aromatic heterocycles. The van der Waals surface area contributed by atoms with Gasteiger partial charge in [0.05, 0.1) is 0 Å². The van der Waals surface area contributed by atoms with Crippen molar-refractivity contribution in [1.82, 2.24) is 0 Å². The van der Waals surface area contributed by atoms with Gasteiger partial charge in [0, 0.05) is 9.13 Å². The Morgan fingerprint density at radius 3 is 2.38 bits per heavy atom. The smallest absolute Gasteiger partial charge is 0.264 e. The van der Waals surface area contributed by atoms with Crippen LogP contribution in [0.5, 0.6) is 0 Å². The lowest BCUT2D eigenvalue weighted by molar-refractivity contribution is 0.159. The van der Waals surface area contributed by atoms with Crippen LogP contribution in [0.25, 0.3) is 0 Å². The Hall–Kier alpha value is -1.11. The zero-order valence-electron chi connectivity index (χ0n) is 6.53. The SMILES string of the molecule is N#CC(O)(C#N)c1cccc(I)c1. The molecule has 0 unspecified atom stereocenters. The van der Waals surface area contributed by atoms with Crippen molar-refractivity contribution in [1.29, 1.82) is 10.5 Å². The Morgan fingerprint density at radius 1 is 1.31 bits per heavy atom. The summed E-state index contributed by atoms with van der Waals surface area (Å²) in [4.78, 5) is 0. The molecule has 0 saturated heterocycles. The van der Waals surface area contributed by atoms with E-state index in [9.17, 15) is 5.11 Å². The van der Waals surface area contributed by atoms with Gasteiger partial charge in [0.2, 0.25) is 0 Å². The molecule has 4 heteroatoms. The molecular weight excluding hydrogens is 279 g/mol. The van der Waals surface area contributed by atoms with Crippen LogP contribution < -0.4 is 0 Å². The van der Waals surface area contributed by atoms with E-state index in [0.29, 0.717) is 5.56 Å². The molecule has 0 saturated carbocycles. The summed E-state index contributed by atoms with van der Waals surface area (Å²) >= 11 is 2.05. The third-order valence-electron chi connectivity index (χ3n) is 1.57. The van der Waals surface area contributed by atoms with Crippen LogP contribution in [-0.2, 0) is 5.60 Å². The fourth-order valence-corrected chi connectivity index (χ4v) is 1.41. The van der Waals surface area contributed by atoms with Crippen LogP contribution in [-0.4, -0.2) is 5.11 Å². The van der Waals surface area contributed by atoms with E-state index in [4.69, 9.17) is 10.5 Å². The number of hydrogen-bond acceptors (Lipinski definition) is 3. The minimum Gasteiger partial charge on any atom is -0.360 e. The molecule has 0 aliphatic heterocycles. The average molecular weight is 284 g/mol. The molecule has 1 rings (SSSR count). The molecule has 0 radical (unpaired) electrons. The highest BCUT2D eigenvalue weighted by molar-refractivity contribution is 14.1.